The van der Waals surface area contributed by atoms with E-state index in [1.165, 1.54) is 17.8 Å². The summed E-state index contributed by atoms with van der Waals surface area (Å²) in [5.74, 6) is -0.0891. The molecule has 11 nitrogen and oxygen atoms in total. The number of hydrogen-bond acceptors (Lipinski definition) is 8. The predicted molar refractivity (Wildman–Crippen MR) is 134 cm³/mol. The van der Waals surface area contributed by atoms with Gasteiger partial charge in [-0.05, 0) is 32.0 Å². The van der Waals surface area contributed by atoms with Gasteiger partial charge in [0, 0.05) is 18.0 Å². The average Bonchev–Trinajstić information content (AvgIpc) is 3.54. The van der Waals surface area contributed by atoms with Crippen LogP contribution >= 0.6 is 11.3 Å². The van der Waals surface area contributed by atoms with Crippen LogP contribution in [0.25, 0.3) is 37.2 Å². The first-order valence-electron chi connectivity index (χ1n) is 11.6. The highest BCUT2D eigenvalue weighted by Gasteiger charge is 2.19. The number of piperidine rings is 1. The first-order valence-corrected chi connectivity index (χ1v) is 12.4. The van der Waals surface area contributed by atoms with Crippen molar-refractivity contribution < 1.29 is 9.90 Å². The molecule has 35 heavy (non-hydrogen) atoms. The molecule has 0 aliphatic carbocycles. The summed E-state index contributed by atoms with van der Waals surface area (Å²) in [4.78, 5) is 36.7. The third-order valence-corrected chi connectivity index (χ3v) is 7.39. The van der Waals surface area contributed by atoms with Crippen LogP contribution < -0.4 is 10.9 Å². The monoisotopic (exact) mass is 492 g/mol. The van der Waals surface area contributed by atoms with E-state index in [9.17, 15) is 9.59 Å². The number of fused-ring (bicyclic) bond motifs is 5. The zero-order valence-electron chi connectivity index (χ0n) is 18.9. The van der Waals surface area contributed by atoms with E-state index in [1.807, 2.05) is 12.4 Å². The van der Waals surface area contributed by atoms with Crippen LogP contribution in [-0.2, 0) is 11.3 Å². The number of thiazole rings is 1. The molecule has 1 amide bonds. The molecule has 0 unspecified atom stereocenters. The van der Waals surface area contributed by atoms with E-state index in [0.717, 1.165) is 36.4 Å². The minimum Gasteiger partial charge on any atom is -0.394 e. The van der Waals surface area contributed by atoms with Crippen molar-refractivity contribution in [1.29, 1.82) is 0 Å². The molecule has 0 radical (unpaired) electrons. The predicted octanol–water partition coefficient (Wildman–Crippen LogP) is 2.07. The molecule has 3 N–H and O–H groups in total. The SMILES string of the molecule is O=C(CN1CCCCC1)Nc1cnc2c(c1)[nH]c(=O)c1c2nn2cc(-c3cnn(CCO)c3)sc12. The lowest BCUT2D eigenvalue weighted by atomic mass is 10.1. The number of aromatic nitrogens is 6. The third-order valence-electron chi connectivity index (χ3n) is 6.25. The molecule has 1 saturated heterocycles. The highest BCUT2D eigenvalue weighted by molar-refractivity contribution is 7.21. The Morgan fingerprint density at radius 1 is 1.17 bits per heavy atom. The van der Waals surface area contributed by atoms with Crippen LogP contribution in [0, 0.1) is 0 Å². The van der Waals surface area contributed by atoms with Crippen molar-refractivity contribution in [2.45, 2.75) is 25.8 Å². The number of aromatic amines is 1. The molecule has 5 aromatic rings. The van der Waals surface area contributed by atoms with Gasteiger partial charge < -0.3 is 15.4 Å². The van der Waals surface area contributed by atoms with Crippen molar-refractivity contribution in [2.24, 2.45) is 0 Å². The van der Waals surface area contributed by atoms with Gasteiger partial charge in [-0.1, -0.05) is 6.42 Å². The van der Waals surface area contributed by atoms with E-state index in [1.54, 1.807) is 27.7 Å². The van der Waals surface area contributed by atoms with Gasteiger partial charge in [0.25, 0.3) is 5.56 Å². The molecule has 1 fully saturated rings. The largest absolute Gasteiger partial charge is 0.394 e. The first kappa shape index (κ1) is 21.9. The number of H-pyrrole nitrogens is 1. The number of anilines is 1. The van der Waals surface area contributed by atoms with Gasteiger partial charge in [-0.2, -0.15) is 10.2 Å². The number of nitrogens with zero attached hydrogens (tertiary/aromatic N) is 6. The van der Waals surface area contributed by atoms with Crippen LogP contribution in [0.1, 0.15) is 19.3 Å². The topological polar surface area (TPSA) is 133 Å². The number of carbonyl (C=O) groups is 1. The number of nitrogens with one attached hydrogen (secondary N) is 2. The second-order valence-corrected chi connectivity index (χ2v) is 9.77. The van der Waals surface area contributed by atoms with Crippen molar-refractivity contribution in [1.82, 2.24) is 34.3 Å². The van der Waals surface area contributed by atoms with Crippen LogP contribution in [0.3, 0.4) is 0 Å². The molecule has 5 aromatic heterocycles. The van der Waals surface area contributed by atoms with Gasteiger partial charge in [0.15, 0.2) is 0 Å². The summed E-state index contributed by atoms with van der Waals surface area (Å²) < 4.78 is 3.36. The standard InChI is InChI=1S/C23H24N8O3S/c32-7-6-30-11-14(9-25-30)17-12-31-23(35-17)19-21(28-31)20-16(27-22(19)34)8-15(10-24-20)26-18(33)13-29-4-2-1-3-5-29/h8-12,32H,1-7,13H2,(H,26,33)(H,27,34). The van der Waals surface area contributed by atoms with Crippen molar-refractivity contribution >= 4 is 49.7 Å². The molecule has 180 valence electrons. The van der Waals surface area contributed by atoms with Gasteiger partial charge in [-0.3, -0.25) is 24.2 Å². The van der Waals surface area contributed by atoms with Gasteiger partial charge >= 0.3 is 0 Å². The molecule has 0 aromatic carbocycles. The number of aliphatic hydroxyl groups is 1. The van der Waals surface area contributed by atoms with E-state index >= 15 is 0 Å². The molecule has 6 heterocycles. The van der Waals surface area contributed by atoms with Crippen molar-refractivity contribution in [2.75, 3.05) is 31.6 Å². The Morgan fingerprint density at radius 2 is 2.03 bits per heavy atom. The maximum Gasteiger partial charge on any atom is 0.261 e. The molecule has 6 rings (SSSR count). The van der Waals surface area contributed by atoms with Gasteiger partial charge in [-0.25, -0.2) is 4.52 Å². The lowest BCUT2D eigenvalue weighted by Crippen LogP contribution is -2.36. The molecule has 1 aliphatic heterocycles. The number of aliphatic hydroxyl groups excluding tert-OH is 1. The van der Waals surface area contributed by atoms with Crippen LogP contribution in [0.2, 0.25) is 0 Å². The minimum absolute atomic E-state index is 0.0127. The molecule has 1 aliphatic rings. The number of rotatable bonds is 6. The van der Waals surface area contributed by atoms with E-state index in [-0.39, 0.29) is 18.1 Å². The van der Waals surface area contributed by atoms with Crippen LogP contribution in [-0.4, -0.2) is 71.5 Å². The fraction of sp³-hybridized carbons (Fsp3) is 0.348. The number of pyridine rings is 2. The van der Waals surface area contributed by atoms with Crippen LogP contribution in [0.4, 0.5) is 5.69 Å². The number of likely N-dealkylation sites (tertiary alicyclic amines) is 1. The maximum atomic E-state index is 13.0. The molecule has 0 saturated carbocycles. The molecule has 0 spiro atoms. The summed E-state index contributed by atoms with van der Waals surface area (Å²) in [6.07, 6.45) is 10.5. The summed E-state index contributed by atoms with van der Waals surface area (Å²) in [6, 6.07) is 1.73. The summed E-state index contributed by atoms with van der Waals surface area (Å²) in [5.41, 5.74) is 2.78. The molecular formula is C23H24N8O3S. The van der Waals surface area contributed by atoms with Crippen LogP contribution in [0.5, 0.6) is 0 Å². The molecular weight excluding hydrogens is 468 g/mol. The number of hydrogen-bond donors (Lipinski definition) is 3. The summed E-state index contributed by atoms with van der Waals surface area (Å²) >= 11 is 1.44. The maximum absolute atomic E-state index is 13.0. The van der Waals surface area contributed by atoms with E-state index in [4.69, 9.17) is 5.11 Å². The van der Waals surface area contributed by atoms with E-state index in [0.29, 0.717) is 45.5 Å². The fourth-order valence-corrected chi connectivity index (χ4v) is 5.65. The van der Waals surface area contributed by atoms with Gasteiger partial charge in [0.2, 0.25) is 5.91 Å². The van der Waals surface area contributed by atoms with Gasteiger partial charge in [0.1, 0.15) is 21.3 Å². The first-order chi connectivity index (χ1) is 17.1. The molecule has 12 heteroatoms. The normalized spacial score (nSPS) is 14.9. The highest BCUT2D eigenvalue weighted by Crippen LogP contribution is 2.33. The Kier molecular flexibility index (Phi) is 5.55. The van der Waals surface area contributed by atoms with E-state index < -0.39 is 0 Å². The smallest absolute Gasteiger partial charge is 0.261 e. The summed E-state index contributed by atoms with van der Waals surface area (Å²) in [6.45, 7) is 2.67. The quantitative estimate of drug-likeness (QED) is 0.330. The van der Waals surface area contributed by atoms with Gasteiger partial charge in [-0.15, -0.1) is 11.3 Å². The third kappa shape index (κ3) is 4.09. The van der Waals surface area contributed by atoms with Crippen LogP contribution in [0.15, 0.2) is 35.6 Å². The Morgan fingerprint density at radius 3 is 2.86 bits per heavy atom. The Hall–Kier alpha value is -3.61. The van der Waals surface area contributed by atoms with Crippen molar-refractivity contribution in [3.05, 3.63) is 41.2 Å². The lowest BCUT2D eigenvalue weighted by molar-refractivity contribution is -0.117. The van der Waals surface area contributed by atoms with E-state index in [2.05, 4.69) is 30.4 Å². The second kappa shape index (κ2) is 8.87. The highest BCUT2D eigenvalue weighted by atomic mass is 32.1. The van der Waals surface area contributed by atoms with Gasteiger partial charge in [0.05, 0.1) is 48.2 Å². The Labute approximate surface area is 203 Å². The second-order valence-electron chi connectivity index (χ2n) is 8.74. The Balaban J connectivity index is 1.31. The molecule has 0 atom stereocenters. The van der Waals surface area contributed by atoms with Crippen molar-refractivity contribution in [3.8, 4) is 10.4 Å². The summed E-state index contributed by atoms with van der Waals surface area (Å²) in [5, 5.41) is 21.4. The fourth-order valence-electron chi connectivity index (χ4n) is 4.59. The molecule has 0 bridgehead atoms. The lowest BCUT2D eigenvalue weighted by Gasteiger charge is -2.25. The number of carbonyl (C=O) groups excluding carboxylic acids is 1. The number of amides is 1. The Bertz CT molecular complexity index is 1610. The summed E-state index contributed by atoms with van der Waals surface area (Å²) in [7, 11) is 0. The average molecular weight is 493 g/mol. The van der Waals surface area contributed by atoms with Crippen molar-refractivity contribution in [3.63, 3.8) is 0 Å². The zero-order valence-corrected chi connectivity index (χ0v) is 19.7. The minimum atomic E-state index is -0.259. The zero-order chi connectivity index (χ0) is 23.9.